The number of para-hydroxylation sites is 2. The number of benzene rings is 1. The van der Waals surface area contributed by atoms with E-state index in [0.29, 0.717) is 11.5 Å². The molecule has 68 valence electrons. The van der Waals surface area contributed by atoms with E-state index in [1.54, 1.807) is 7.11 Å². The van der Waals surface area contributed by atoms with Crippen molar-refractivity contribution in [2.75, 3.05) is 7.11 Å². The summed E-state index contributed by atoms with van der Waals surface area (Å²) in [5.41, 5.74) is 0. The third-order valence-electron chi connectivity index (χ3n) is 1.47. The highest BCUT2D eigenvalue weighted by molar-refractivity contribution is 6.19. The molecule has 1 aromatic rings. The zero-order valence-corrected chi connectivity index (χ0v) is 7.53. The molecule has 0 aliphatic carbocycles. The highest BCUT2D eigenvalue weighted by Crippen LogP contribution is 2.25. The Morgan fingerprint density at radius 2 is 2.00 bits per heavy atom. The van der Waals surface area contributed by atoms with Crippen molar-refractivity contribution in [2.24, 2.45) is 0 Å². The molecule has 4 heteroatoms. The van der Waals surface area contributed by atoms with Crippen LogP contribution in [0.1, 0.15) is 0 Å². The summed E-state index contributed by atoms with van der Waals surface area (Å²) in [5, 5.41) is 0. The van der Waals surface area contributed by atoms with Crippen molar-refractivity contribution in [3.63, 3.8) is 0 Å². The third-order valence-corrected chi connectivity index (χ3v) is 1.47. The van der Waals surface area contributed by atoms with Gasteiger partial charge in [-0.05, 0) is 12.1 Å². The lowest BCUT2D eigenvalue weighted by atomic mass is 10.3. The molecule has 0 fully saturated rings. The Balaban J connectivity index is 2.58. The van der Waals surface area contributed by atoms with Crippen molar-refractivity contribution >= 4 is 7.69 Å². The van der Waals surface area contributed by atoms with E-state index in [1.165, 1.54) is 6.26 Å². The van der Waals surface area contributed by atoms with E-state index in [2.05, 4.69) is 6.58 Å². The molecule has 0 aromatic heterocycles. The summed E-state index contributed by atoms with van der Waals surface area (Å²) in [6.07, 6.45) is 1.33. The van der Waals surface area contributed by atoms with E-state index >= 15 is 0 Å². The van der Waals surface area contributed by atoms with Crippen molar-refractivity contribution in [1.82, 2.24) is 0 Å². The maximum absolute atomic E-state index is 5.25. The average Bonchev–Trinajstić information content (AvgIpc) is 2.19. The molecule has 3 nitrogen and oxygen atoms in total. The minimum absolute atomic E-state index is 0.143. The summed E-state index contributed by atoms with van der Waals surface area (Å²) in [6, 6.07) is 7.38. The first-order chi connectivity index (χ1) is 6.38. The predicted molar refractivity (Wildman–Crippen MR) is 52.1 cm³/mol. The molecule has 0 saturated heterocycles. The van der Waals surface area contributed by atoms with E-state index in [9.17, 15) is 0 Å². The van der Waals surface area contributed by atoms with Gasteiger partial charge in [0.15, 0.2) is 5.75 Å². The monoisotopic (exact) mass is 178 g/mol. The zero-order chi connectivity index (χ0) is 9.52. The first kappa shape index (κ1) is 9.51. The summed E-state index contributed by atoms with van der Waals surface area (Å²) < 4.78 is 15.1. The van der Waals surface area contributed by atoms with Crippen molar-refractivity contribution < 1.29 is 14.0 Å². The van der Waals surface area contributed by atoms with Crippen LogP contribution in [-0.2, 0) is 4.65 Å². The van der Waals surface area contributed by atoms with E-state index in [4.69, 9.17) is 14.0 Å². The Kier molecular flexibility index (Phi) is 3.76. The van der Waals surface area contributed by atoms with Crippen molar-refractivity contribution in [3.05, 3.63) is 37.1 Å². The summed E-state index contributed by atoms with van der Waals surface area (Å²) >= 11 is 0. The van der Waals surface area contributed by atoms with Crippen molar-refractivity contribution in [2.45, 2.75) is 0 Å². The highest BCUT2D eigenvalue weighted by atomic mass is 16.6. The molecule has 13 heavy (non-hydrogen) atoms. The summed E-state index contributed by atoms with van der Waals surface area (Å²) in [6.45, 7) is 3.40. The molecule has 0 spiro atoms. The fourth-order valence-electron chi connectivity index (χ4n) is 0.884. The van der Waals surface area contributed by atoms with Crippen LogP contribution >= 0.6 is 0 Å². The standard InChI is InChI=1S/C9H11BO3/c1-3-12-10-13-9-7-5-4-6-8(9)11-2/h3-7,10H,1H2,2H3. The molecular formula is C9H11BO3. The van der Waals surface area contributed by atoms with Crippen LogP contribution in [0.5, 0.6) is 11.5 Å². The van der Waals surface area contributed by atoms with Gasteiger partial charge in [0.05, 0.1) is 13.4 Å². The quantitative estimate of drug-likeness (QED) is 0.388. The van der Waals surface area contributed by atoms with Crippen LogP contribution < -0.4 is 9.39 Å². The molecule has 0 aliphatic rings. The van der Waals surface area contributed by atoms with Gasteiger partial charge in [0.25, 0.3) is 0 Å². The van der Waals surface area contributed by atoms with Crippen LogP contribution in [0, 0.1) is 0 Å². The van der Waals surface area contributed by atoms with Crippen LogP contribution in [-0.4, -0.2) is 14.8 Å². The van der Waals surface area contributed by atoms with Gasteiger partial charge in [-0.2, -0.15) is 0 Å². The van der Waals surface area contributed by atoms with E-state index in [0.717, 1.165) is 0 Å². The Morgan fingerprint density at radius 1 is 1.31 bits per heavy atom. The SMILES string of the molecule is C=COBOc1ccccc1OC. The van der Waals surface area contributed by atoms with Gasteiger partial charge in [-0.15, -0.1) is 0 Å². The van der Waals surface area contributed by atoms with Gasteiger partial charge < -0.3 is 14.0 Å². The smallest absolute Gasteiger partial charge is 0.535 e. The Morgan fingerprint density at radius 3 is 2.62 bits per heavy atom. The maximum Gasteiger partial charge on any atom is 0.576 e. The molecule has 1 rings (SSSR count). The number of ether oxygens (including phenoxy) is 1. The summed E-state index contributed by atoms with van der Waals surface area (Å²) in [5.74, 6) is 1.35. The fraction of sp³-hybridized carbons (Fsp3) is 0.111. The minimum atomic E-state index is 0.143. The van der Waals surface area contributed by atoms with E-state index in [1.807, 2.05) is 24.3 Å². The normalized spacial score (nSPS) is 8.69. The number of rotatable bonds is 5. The molecule has 0 heterocycles. The number of hydrogen-bond donors (Lipinski definition) is 0. The topological polar surface area (TPSA) is 27.7 Å². The Labute approximate surface area is 78.2 Å². The summed E-state index contributed by atoms with van der Waals surface area (Å²) in [7, 11) is 1.74. The predicted octanol–water partition coefficient (Wildman–Crippen LogP) is 1.50. The molecule has 0 saturated carbocycles. The molecule has 0 N–H and O–H groups in total. The van der Waals surface area contributed by atoms with E-state index < -0.39 is 0 Å². The number of methoxy groups -OCH3 is 1. The van der Waals surface area contributed by atoms with Gasteiger partial charge in [-0.25, -0.2) is 0 Å². The largest absolute Gasteiger partial charge is 0.576 e. The van der Waals surface area contributed by atoms with Gasteiger partial charge in [-0.1, -0.05) is 18.7 Å². The maximum atomic E-state index is 5.25. The van der Waals surface area contributed by atoms with Gasteiger partial charge in [0.1, 0.15) is 5.75 Å². The lowest BCUT2D eigenvalue weighted by molar-refractivity contribution is 0.372. The molecule has 0 amide bonds. The second kappa shape index (κ2) is 5.14. The highest BCUT2D eigenvalue weighted by Gasteiger charge is 2.02. The molecule has 1 aromatic carbocycles. The zero-order valence-electron chi connectivity index (χ0n) is 7.53. The molecule has 0 bridgehead atoms. The van der Waals surface area contributed by atoms with Crippen LogP contribution in [0.25, 0.3) is 0 Å². The first-order valence-electron chi connectivity index (χ1n) is 3.87. The third kappa shape index (κ3) is 2.74. The van der Waals surface area contributed by atoms with Crippen molar-refractivity contribution in [3.8, 4) is 11.5 Å². The fourth-order valence-corrected chi connectivity index (χ4v) is 0.884. The summed E-state index contributed by atoms with van der Waals surface area (Å²) in [4.78, 5) is 0. The molecule has 0 unspecified atom stereocenters. The Bertz CT molecular complexity index is 275. The van der Waals surface area contributed by atoms with Gasteiger partial charge in [-0.3, -0.25) is 0 Å². The Hall–Kier alpha value is -1.58. The van der Waals surface area contributed by atoms with Crippen LogP contribution in [0.4, 0.5) is 0 Å². The van der Waals surface area contributed by atoms with Crippen molar-refractivity contribution in [1.29, 1.82) is 0 Å². The number of hydrogen-bond acceptors (Lipinski definition) is 3. The minimum Gasteiger partial charge on any atom is -0.535 e. The van der Waals surface area contributed by atoms with E-state index in [-0.39, 0.29) is 7.69 Å². The van der Waals surface area contributed by atoms with Crippen LogP contribution in [0.15, 0.2) is 37.1 Å². The van der Waals surface area contributed by atoms with Gasteiger partial charge >= 0.3 is 7.69 Å². The lowest BCUT2D eigenvalue weighted by Crippen LogP contribution is -2.04. The second-order valence-corrected chi connectivity index (χ2v) is 2.25. The molecule has 0 radical (unpaired) electrons. The molecular weight excluding hydrogens is 167 g/mol. The lowest BCUT2D eigenvalue weighted by Gasteiger charge is -2.08. The average molecular weight is 178 g/mol. The second-order valence-electron chi connectivity index (χ2n) is 2.25. The van der Waals surface area contributed by atoms with Crippen LogP contribution in [0.3, 0.4) is 0 Å². The first-order valence-corrected chi connectivity index (χ1v) is 3.87. The van der Waals surface area contributed by atoms with Gasteiger partial charge in [0, 0.05) is 0 Å². The molecule has 0 atom stereocenters. The van der Waals surface area contributed by atoms with Crippen LogP contribution in [0.2, 0.25) is 0 Å². The van der Waals surface area contributed by atoms with Gasteiger partial charge in [0.2, 0.25) is 0 Å². The molecule has 0 aliphatic heterocycles.